The summed E-state index contributed by atoms with van der Waals surface area (Å²) in [5.74, 6) is 0.475. The minimum atomic E-state index is -0.727. The van der Waals surface area contributed by atoms with Gasteiger partial charge in [-0.15, -0.1) is 0 Å². The molecule has 3 atom stereocenters. The molecule has 0 aromatic heterocycles. The van der Waals surface area contributed by atoms with Crippen LogP contribution in [-0.4, -0.2) is 18.1 Å². The highest BCUT2D eigenvalue weighted by Gasteiger charge is 2.51. The number of carbonyl (C=O) groups is 1. The van der Waals surface area contributed by atoms with Crippen LogP contribution in [-0.2, 0) is 9.53 Å². The summed E-state index contributed by atoms with van der Waals surface area (Å²) in [5.41, 5.74) is 5.32. The number of rotatable bonds is 2. The van der Waals surface area contributed by atoms with Crippen LogP contribution in [0.1, 0.15) is 19.8 Å². The minimum Gasteiger partial charge on any atom is -0.465 e. The van der Waals surface area contributed by atoms with E-state index in [2.05, 4.69) is 12.2 Å². The molecule has 3 unspecified atom stereocenters. The number of allylic oxidation sites excluding steroid dienone is 1. The van der Waals surface area contributed by atoms with E-state index in [1.165, 1.54) is 0 Å². The van der Waals surface area contributed by atoms with Crippen LogP contribution in [0.25, 0.3) is 0 Å². The van der Waals surface area contributed by atoms with Crippen LogP contribution in [0.3, 0.4) is 0 Å². The Labute approximate surface area is 77.9 Å². The van der Waals surface area contributed by atoms with E-state index < -0.39 is 5.54 Å². The van der Waals surface area contributed by atoms with Gasteiger partial charge in [-0.1, -0.05) is 12.2 Å². The van der Waals surface area contributed by atoms with Gasteiger partial charge >= 0.3 is 5.97 Å². The van der Waals surface area contributed by atoms with Crippen LogP contribution < -0.4 is 5.73 Å². The van der Waals surface area contributed by atoms with Gasteiger partial charge in [0.2, 0.25) is 0 Å². The molecule has 72 valence electrons. The van der Waals surface area contributed by atoms with Crippen LogP contribution in [0, 0.1) is 11.8 Å². The molecule has 3 heteroatoms. The highest BCUT2D eigenvalue weighted by molar-refractivity contribution is 5.82. The molecular formula is C10H15NO2. The fraction of sp³-hybridized carbons (Fsp3) is 0.700. The maximum absolute atomic E-state index is 11.6. The molecule has 1 saturated carbocycles. The summed E-state index contributed by atoms with van der Waals surface area (Å²) in [4.78, 5) is 11.6. The van der Waals surface area contributed by atoms with Gasteiger partial charge in [0, 0.05) is 5.92 Å². The largest absolute Gasteiger partial charge is 0.465 e. The number of hydrogen-bond donors (Lipinski definition) is 1. The highest BCUT2D eigenvalue weighted by Crippen LogP contribution is 2.45. The number of nitrogens with two attached hydrogens (primary N) is 1. The average molecular weight is 181 g/mol. The van der Waals surface area contributed by atoms with Crippen LogP contribution in [0.5, 0.6) is 0 Å². The lowest BCUT2D eigenvalue weighted by Crippen LogP contribution is -2.52. The third kappa shape index (κ3) is 1.18. The molecule has 0 radical (unpaired) electrons. The number of ether oxygens (including phenoxy) is 1. The lowest BCUT2D eigenvalue weighted by Gasteiger charge is -2.28. The standard InChI is InChI=1S/C10H15NO2/c1-2-13-9(12)10(11)6-7-3-4-8(10)5-7/h3-4,7-8H,2,5-6,11H2,1H3. The summed E-state index contributed by atoms with van der Waals surface area (Å²) >= 11 is 0. The molecule has 2 rings (SSSR count). The van der Waals surface area contributed by atoms with E-state index in [1.807, 2.05) is 6.92 Å². The van der Waals surface area contributed by atoms with Gasteiger partial charge in [-0.3, -0.25) is 4.79 Å². The molecule has 3 nitrogen and oxygen atoms in total. The molecule has 0 aliphatic heterocycles. The van der Waals surface area contributed by atoms with Crippen molar-refractivity contribution in [3.05, 3.63) is 12.2 Å². The Balaban J connectivity index is 2.13. The van der Waals surface area contributed by atoms with Gasteiger partial charge in [0.25, 0.3) is 0 Å². The molecule has 0 aromatic carbocycles. The van der Waals surface area contributed by atoms with Gasteiger partial charge in [0.15, 0.2) is 0 Å². The van der Waals surface area contributed by atoms with Crippen molar-refractivity contribution in [3.63, 3.8) is 0 Å². The van der Waals surface area contributed by atoms with Crippen molar-refractivity contribution in [2.24, 2.45) is 17.6 Å². The first-order chi connectivity index (χ1) is 6.16. The monoisotopic (exact) mass is 181 g/mol. The number of carbonyl (C=O) groups excluding carboxylic acids is 1. The Hall–Kier alpha value is -0.830. The van der Waals surface area contributed by atoms with Gasteiger partial charge in [-0.2, -0.15) is 0 Å². The Kier molecular flexibility index (Phi) is 1.91. The van der Waals surface area contributed by atoms with Gasteiger partial charge in [-0.05, 0) is 25.7 Å². The van der Waals surface area contributed by atoms with Crippen LogP contribution in [0.4, 0.5) is 0 Å². The Morgan fingerprint density at radius 2 is 2.46 bits per heavy atom. The lowest BCUT2D eigenvalue weighted by atomic mass is 9.86. The molecule has 0 amide bonds. The quantitative estimate of drug-likeness (QED) is 0.507. The molecule has 2 aliphatic carbocycles. The van der Waals surface area contributed by atoms with Crippen molar-refractivity contribution < 1.29 is 9.53 Å². The van der Waals surface area contributed by atoms with Crippen molar-refractivity contribution in [1.82, 2.24) is 0 Å². The van der Waals surface area contributed by atoms with E-state index in [-0.39, 0.29) is 11.9 Å². The van der Waals surface area contributed by atoms with Crippen molar-refractivity contribution >= 4 is 5.97 Å². The SMILES string of the molecule is CCOC(=O)C1(N)CC2C=CC1C2. The molecular weight excluding hydrogens is 166 g/mol. The van der Waals surface area contributed by atoms with Crippen molar-refractivity contribution in [1.29, 1.82) is 0 Å². The number of fused-ring (bicyclic) bond motifs is 2. The molecule has 1 fully saturated rings. The molecule has 13 heavy (non-hydrogen) atoms. The first-order valence-electron chi connectivity index (χ1n) is 4.81. The van der Waals surface area contributed by atoms with Crippen LogP contribution >= 0.6 is 0 Å². The molecule has 0 aromatic rings. The Bertz CT molecular complexity index is 262. The zero-order chi connectivity index (χ0) is 9.47. The van der Waals surface area contributed by atoms with E-state index in [0.29, 0.717) is 12.5 Å². The van der Waals surface area contributed by atoms with Crippen molar-refractivity contribution in [3.8, 4) is 0 Å². The van der Waals surface area contributed by atoms with E-state index >= 15 is 0 Å². The molecule has 2 N–H and O–H groups in total. The topological polar surface area (TPSA) is 52.3 Å². The highest BCUT2D eigenvalue weighted by atomic mass is 16.5. The van der Waals surface area contributed by atoms with Gasteiger partial charge < -0.3 is 10.5 Å². The average Bonchev–Trinajstić information content (AvgIpc) is 2.64. The van der Waals surface area contributed by atoms with Crippen molar-refractivity contribution in [2.45, 2.75) is 25.3 Å². The van der Waals surface area contributed by atoms with Crippen LogP contribution in [0.2, 0.25) is 0 Å². The maximum atomic E-state index is 11.6. The van der Waals surface area contributed by atoms with E-state index in [1.54, 1.807) is 0 Å². The zero-order valence-electron chi connectivity index (χ0n) is 7.82. The summed E-state index contributed by atoms with van der Waals surface area (Å²) in [7, 11) is 0. The fourth-order valence-electron chi connectivity index (χ4n) is 2.39. The predicted molar refractivity (Wildman–Crippen MR) is 48.9 cm³/mol. The molecule has 0 heterocycles. The number of hydrogen-bond acceptors (Lipinski definition) is 3. The van der Waals surface area contributed by atoms with E-state index in [4.69, 9.17) is 10.5 Å². The van der Waals surface area contributed by atoms with Crippen LogP contribution in [0.15, 0.2) is 12.2 Å². The molecule has 0 saturated heterocycles. The summed E-state index contributed by atoms with van der Waals surface area (Å²) in [5, 5.41) is 0. The number of esters is 1. The molecule has 0 spiro atoms. The summed E-state index contributed by atoms with van der Waals surface area (Å²) in [6.45, 7) is 2.23. The Morgan fingerprint density at radius 1 is 1.69 bits per heavy atom. The van der Waals surface area contributed by atoms with Gasteiger partial charge in [-0.25, -0.2) is 0 Å². The maximum Gasteiger partial charge on any atom is 0.326 e. The van der Waals surface area contributed by atoms with E-state index in [9.17, 15) is 4.79 Å². The second-order valence-electron chi connectivity index (χ2n) is 3.95. The van der Waals surface area contributed by atoms with Gasteiger partial charge in [0.05, 0.1) is 6.61 Å². The molecule has 2 bridgehead atoms. The smallest absolute Gasteiger partial charge is 0.326 e. The predicted octanol–water partition coefficient (Wildman–Crippen LogP) is 0.843. The van der Waals surface area contributed by atoms with Crippen molar-refractivity contribution in [2.75, 3.05) is 6.61 Å². The first kappa shape index (κ1) is 8.75. The van der Waals surface area contributed by atoms with E-state index in [0.717, 1.165) is 12.8 Å². The lowest BCUT2D eigenvalue weighted by molar-refractivity contribution is -0.150. The minimum absolute atomic E-state index is 0.205. The second-order valence-corrected chi connectivity index (χ2v) is 3.95. The second kappa shape index (κ2) is 2.84. The third-order valence-electron chi connectivity index (χ3n) is 3.09. The fourth-order valence-corrected chi connectivity index (χ4v) is 2.39. The summed E-state index contributed by atoms with van der Waals surface area (Å²) < 4.78 is 4.98. The molecule has 2 aliphatic rings. The normalized spacial score (nSPS) is 41.1. The summed E-state index contributed by atoms with van der Waals surface area (Å²) in [6.07, 6.45) is 6.00. The Morgan fingerprint density at radius 3 is 2.92 bits per heavy atom. The third-order valence-corrected chi connectivity index (χ3v) is 3.09. The van der Waals surface area contributed by atoms with Gasteiger partial charge in [0.1, 0.15) is 5.54 Å². The summed E-state index contributed by atoms with van der Waals surface area (Å²) in [6, 6.07) is 0. The first-order valence-corrected chi connectivity index (χ1v) is 4.81. The zero-order valence-corrected chi connectivity index (χ0v) is 7.82.